The van der Waals surface area contributed by atoms with Crippen molar-refractivity contribution in [1.29, 1.82) is 5.26 Å². The molecule has 0 aromatic carbocycles. The number of hydrogen-bond acceptors (Lipinski definition) is 2. The zero-order valence-electron chi connectivity index (χ0n) is 12.8. The Kier molecular flexibility index (Phi) is 4.26. The molecule has 2 aliphatic rings. The molecule has 0 aliphatic heterocycles. The highest BCUT2D eigenvalue weighted by Crippen LogP contribution is 2.54. The normalized spacial score (nSPS) is 47.6. The highest BCUT2D eigenvalue weighted by atomic mass is 16.3. The second-order valence-electron chi connectivity index (χ2n) is 7.26. The van der Waals surface area contributed by atoms with Gasteiger partial charge < -0.3 is 5.11 Å². The van der Waals surface area contributed by atoms with Crippen LogP contribution < -0.4 is 0 Å². The van der Waals surface area contributed by atoms with E-state index in [-0.39, 0.29) is 5.92 Å². The minimum absolute atomic E-state index is 0.265. The Morgan fingerprint density at radius 3 is 2.32 bits per heavy atom. The summed E-state index contributed by atoms with van der Waals surface area (Å²) in [6.07, 6.45) is 8.33. The van der Waals surface area contributed by atoms with E-state index in [1.165, 1.54) is 12.8 Å². The maximum absolute atomic E-state index is 11.3. The van der Waals surface area contributed by atoms with Crippen LogP contribution in [0.25, 0.3) is 0 Å². The van der Waals surface area contributed by atoms with E-state index in [0.717, 1.165) is 44.4 Å². The van der Waals surface area contributed by atoms with Crippen LogP contribution in [0, 0.1) is 34.5 Å². The van der Waals surface area contributed by atoms with Crippen molar-refractivity contribution < 1.29 is 5.11 Å². The fourth-order valence-corrected chi connectivity index (χ4v) is 4.49. The van der Waals surface area contributed by atoms with Gasteiger partial charge in [-0.25, -0.2) is 0 Å². The van der Waals surface area contributed by atoms with Crippen molar-refractivity contribution in [2.24, 2.45) is 23.2 Å². The van der Waals surface area contributed by atoms with Gasteiger partial charge in [-0.3, -0.25) is 0 Å². The van der Waals surface area contributed by atoms with Crippen LogP contribution in [0.3, 0.4) is 0 Å². The Bertz CT molecular complexity index is 351. The van der Waals surface area contributed by atoms with E-state index in [0.29, 0.717) is 5.92 Å². The van der Waals surface area contributed by atoms with Crippen LogP contribution in [0.1, 0.15) is 72.1 Å². The van der Waals surface area contributed by atoms with Crippen molar-refractivity contribution >= 4 is 0 Å². The molecule has 2 nitrogen and oxygen atoms in total. The molecule has 2 rings (SSSR count). The van der Waals surface area contributed by atoms with E-state index in [4.69, 9.17) is 0 Å². The maximum Gasteiger partial charge on any atom is 0.0863 e. The Balaban J connectivity index is 2.23. The van der Waals surface area contributed by atoms with Crippen LogP contribution >= 0.6 is 0 Å². The second kappa shape index (κ2) is 5.44. The summed E-state index contributed by atoms with van der Waals surface area (Å²) in [5, 5.41) is 21.1. The van der Waals surface area contributed by atoms with Gasteiger partial charge in [0, 0.05) is 0 Å². The van der Waals surface area contributed by atoms with Crippen molar-refractivity contribution in [2.75, 3.05) is 0 Å². The molecule has 1 N–H and O–H groups in total. The summed E-state index contributed by atoms with van der Waals surface area (Å²) in [6, 6.07) is 2.57. The summed E-state index contributed by atoms with van der Waals surface area (Å²) in [5.41, 5.74) is -1.23. The molecule has 3 atom stereocenters. The molecule has 0 spiro atoms. The van der Waals surface area contributed by atoms with Crippen LogP contribution in [0.4, 0.5) is 0 Å². The molecular weight excluding hydrogens is 234 g/mol. The Labute approximate surface area is 118 Å². The van der Waals surface area contributed by atoms with Crippen LogP contribution in [0.2, 0.25) is 0 Å². The van der Waals surface area contributed by atoms with Crippen molar-refractivity contribution in [3.05, 3.63) is 0 Å². The standard InChI is InChI=1S/C17H29NO/c1-4-15-7-9-16(12-18,10-8-15)17(19)11-13(2)5-6-14(17)3/h13-15,19H,4-11H2,1-3H3. The molecule has 0 bridgehead atoms. The van der Waals surface area contributed by atoms with Gasteiger partial charge >= 0.3 is 0 Å². The fraction of sp³-hybridized carbons (Fsp3) is 0.941. The van der Waals surface area contributed by atoms with Crippen LogP contribution in [0.5, 0.6) is 0 Å². The van der Waals surface area contributed by atoms with E-state index in [2.05, 4.69) is 26.8 Å². The quantitative estimate of drug-likeness (QED) is 0.808. The van der Waals surface area contributed by atoms with E-state index >= 15 is 0 Å². The first-order chi connectivity index (χ1) is 8.97. The van der Waals surface area contributed by atoms with Gasteiger partial charge in [0.15, 0.2) is 0 Å². The van der Waals surface area contributed by atoms with Gasteiger partial charge in [0.2, 0.25) is 0 Å². The number of rotatable bonds is 2. The third kappa shape index (κ3) is 2.42. The second-order valence-corrected chi connectivity index (χ2v) is 7.26. The molecule has 2 saturated carbocycles. The summed E-state index contributed by atoms with van der Waals surface area (Å²) in [7, 11) is 0. The SMILES string of the molecule is CCC1CCC(C#N)(C2(O)CC(C)CCC2C)CC1. The van der Waals surface area contributed by atoms with Gasteiger partial charge in [-0.05, 0) is 56.3 Å². The molecule has 2 aliphatic carbocycles. The van der Waals surface area contributed by atoms with Crippen molar-refractivity contribution in [2.45, 2.75) is 77.7 Å². The minimum atomic E-state index is -0.752. The molecule has 3 unspecified atom stereocenters. The van der Waals surface area contributed by atoms with Crippen LogP contribution in [-0.2, 0) is 0 Å². The van der Waals surface area contributed by atoms with Crippen LogP contribution in [0.15, 0.2) is 0 Å². The highest BCUT2D eigenvalue weighted by molar-refractivity contribution is 5.15. The van der Waals surface area contributed by atoms with Gasteiger partial charge in [0.1, 0.15) is 0 Å². The molecule has 2 fully saturated rings. The lowest BCUT2D eigenvalue weighted by Gasteiger charge is -2.53. The topological polar surface area (TPSA) is 44.0 Å². The first-order valence-electron chi connectivity index (χ1n) is 8.11. The predicted molar refractivity (Wildman–Crippen MR) is 77.4 cm³/mol. The first kappa shape index (κ1) is 14.9. The number of aliphatic hydroxyl groups is 1. The van der Waals surface area contributed by atoms with E-state index in [1.54, 1.807) is 0 Å². The van der Waals surface area contributed by atoms with E-state index in [9.17, 15) is 10.4 Å². The summed E-state index contributed by atoms with van der Waals surface area (Å²) in [4.78, 5) is 0. The molecule has 2 heteroatoms. The van der Waals surface area contributed by atoms with Gasteiger partial charge in [0.25, 0.3) is 0 Å². The van der Waals surface area contributed by atoms with Crippen molar-refractivity contribution in [3.8, 4) is 6.07 Å². The summed E-state index contributed by atoms with van der Waals surface area (Å²) in [5.74, 6) is 1.58. The zero-order chi connectivity index (χ0) is 14.1. The lowest BCUT2D eigenvalue weighted by molar-refractivity contribution is -0.145. The Morgan fingerprint density at radius 1 is 1.16 bits per heavy atom. The summed E-state index contributed by atoms with van der Waals surface area (Å²) < 4.78 is 0. The molecule has 0 heterocycles. The molecule has 0 aromatic rings. The van der Waals surface area contributed by atoms with Crippen LogP contribution in [-0.4, -0.2) is 10.7 Å². The third-order valence-corrected chi connectivity index (χ3v) is 6.15. The minimum Gasteiger partial charge on any atom is -0.388 e. The smallest absolute Gasteiger partial charge is 0.0863 e. The van der Waals surface area contributed by atoms with E-state index in [1.807, 2.05) is 0 Å². The Hall–Kier alpha value is -0.550. The summed E-state index contributed by atoms with van der Waals surface area (Å²) in [6.45, 7) is 6.61. The average Bonchev–Trinajstić information content (AvgIpc) is 2.43. The third-order valence-electron chi connectivity index (χ3n) is 6.15. The highest BCUT2D eigenvalue weighted by Gasteiger charge is 2.56. The van der Waals surface area contributed by atoms with E-state index < -0.39 is 11.0 Å². The van der Waals surface area contributed by atoms with Gasteiger partial charge in [-0.15, -0.1) is 0 Å². The fourth-order valence-electron chi connectivity index (χ4n) is 4.49. The number of hydrogen-bond donors (Lipinski definition) is 1. The molecule has 19 heavy (non-hydrogen) atoms. The van der Waals surface area contributed by atoms with Gasteiger partial charge in [-0.1, -0.05) is 33.6 Å². The van der Waals surface area contributed by atoms with Crippen molar-refractivity contribution in [1.82, 2.24) is 0 Å². The maximum atomic E-state index is 11.3. The largest absolute Gasteiger partial charge is 0.388 e. The van der Waals surface area contributed by atoms with Gasteiger partial charge in [0.05, 0.1) is 17.1 Å². The molecule has 108 valence electrons. The molecule has 0 aromatic heterocycles. The molecule has 0 saturated heterocycles. The lowest BCUT2D eigenvalue weighted by Crippen LogP contribution is -2.56. The molecular formula is C17H29NO. The predicted octanol–water partition coefficient (Wildman–Crippen LogP) is 4.28. The summed E-state index contributed by atoms with van der Waals surface area (Å²) >= 11 is 0. The zero-order valence-corrected chi connectivity index (χ0v) is 12.8. The average molecular weight is 263 g/mol. The number of nitrogens with zero attached hydrogens (tertiary/aromatic N) is 1. The Morgan fingerprint density at radius 2 is 1.79 bits per heavy atom. The molecule has 0 radical (unpaired) electrons. The van der Waals surface area contributed by atoms with Gasteiger partial charge in [-0.2, -0.15) is 5.26 Å². The lowest BCUT2D eigenvalue weighted by atomic mass is 9.54. The number of nitriles is 1. The van der Waals surface area contributed by atoms with Crippen molar-refractivity contribution in [3.63, 3.8) is 0 Å². The monoisotopic (exact) mass is 263 g/mol. The first-order valence-corrected chi connectivity index (χ1v) is 8.11. The molecule has 0 amide bonds.